The van der Waals surface area contributed by atoms with Crippen LogP contribution in [0.1, 0.15) is 44.2 Å². The zero-order chi connectivity index (χ0) is 29.4. The molecule has 0 saturated carbocycles. The monoisotopic (exact) mass is 559 g/mol. The third-order valence-electron chi connectivity index (χ3n) is 7.32. The summed E-state index contributed by atoms with van der Waals surface area (Å²) in [5.41, 5.74) is 1.66. The fourth-order valence-corrected chi connectivity index (χ4v) is 5.26. The van der Waals surface area contributed by atoms with Gasteiger partial charge < -0.3 is 30.3 Å². The molecular weight excluding hydrogens is 521 g/mol. The average Bonchev–Trinajstić information content (AvgIpc) is 3.46. The van der Waals surface area contributed by atoms with Gasteiger partial charge >= 0.3 is 13.2 Å². The van der Waals surface area contributed by atoms with Crippen LogP contribution in [0.5, 0.6) is 0 Å². The van der Waals surface area contributed by atoms with E-state index < -0.39 is 43.1 Å². The second-order valence-electron chi connectivity index (χ2n) is 11.0. The van der Waals surface area contributed by atoms with E-state index in [0.29, 0.717) is 25.8 Å². The van der Waals surface area contributed by atoms with Crippen molar-refractivity contribution in [3.63, 3.8) is 0 Å². The van der Waals surface area contributed by atoms with E-state index in [0.717, 1.165) is 21.9 Å². The van der Waals surface area contributed by atoms with Gasteiger partial charge in [0, 0.05) is 13.0 Å². The smallest absolute Gasteiger partial charge is 0.445 e. The van der Waals surface area contributed by atoms with Crippen molar-refractivity contribution in [2.75, 3.05) is 6.54 Å². The van der Waals surface area contributed by atoms with E-state index >= 15 is 0 Å². The zero-order valence-electron chi connectivity index (χ0n) is 23.5. The summed E-state index contributed by atoms with van der Waals surface area (Å²) < 4.78 is 5.34. The number of fused-ring (bicyclic) bond motifs is 1. The summed E-state index contributed by atoms with van der Waals surface area (Å²) in [4.78, 5) is 41.4. The molecule has 0 radical (unpaired) electrons. The Morgan fingerprint density at radius 2 is 1.63 bits per heavy atom. The largest absolute Gasteiger partial charge is 0.475 e. The van der Waals surface area contributed by atoms with Gasteiger partial charge in [0.25, 0.3) is 0 Å². The van der Waals surface area contributed by atoms with E-state index in [1.165, 1.54) is 4.90 Å². The Balaban J connectivity index is 1.52. The molecule has 3 atom stereocenters. The number of benzene rings is 3. The summed E-state index contributed by atoms with van der Waals surface area (Å²) in [6, 6.07) is 21.1. The lowest BCUT2D eigenvalue weighted by molar-refractivity contribution is -0.137. The van der Waals surface area contributed by atoms with Crippen LogP contribution >= 0.6 is 0 Å². The van der Waals surface area contributed by atoms with Crippen LogP contribution in [-0.2, 0) is 27.4 Å². The van der Waals surface area contributed by atoms with Crippen LogP contribution in [0.3, 0.4) is 0 Å². The molecule has 4 N–H and O–H groups in total. The predicted molar refractivity (Wildman–Crippen MR) is 158 cm³/mol. The van der Waals surface area contributed by atoms with Gasteiger partial charge in [-0.15, -0.1) is 0 Å². The molecule has 0 unspecified atom stereocenters. The molecule has 9 nitrogen and oxygen atoms in total. The minimum Gasteiger partial charge on any atom is -0.445 e. The topological polar surface area (TPSA) is 128 Å². The minimum atomic E-state index is -1.67. The molecule has 0 aliphatic carbocycles. The lowest BCUT2D eigenvalue weighted by atomic mass is 9.77. The molecule has 0 aromatic heterocycles. The van der Waals surface area contributed by atoms with Crippen LogP contribution in [0.25, 0.3) is 10.8 Å². The summed E-state index contributed by atoms with van der Waals surface area (Å²) in [6.07, 6.45) is 0.910. The van der Waals surface area contributed by atoms with Crippen molar-refractivity contribution in [3.8, 4) is 0 Å². The summed E-state index contributed by atoms with van der Waals surface area (Å²) in [7, 11) is -1.67. The van der Waals surface area contributed by atoms with E-state index in [1.807, 2.05) is 86.6 Å². The van der Waals surface area contributed by atoms with Crippen molar-refractivity contribution in [2.24, 2.45) is 5.92 Å². The van der Waals surface area contributed by atoms with Crippen LogP contribution in [0.15, 0.2) is 72.8 Å². The number of hydrogen-bond donors (Lipinski definition) is 4. The molecular formula is C31H38BN3O6. The number of likely N-dealkylation sites (tertiary alicyclic amines) is 1. The van der Waals surface area contributed by atoms with Gasteiger partial charge in [0.05, 0.1) is 5.94 Å². The number of ether oxygens (including phenoxy) is 1. The van der Waals surface area contributed by atoms with Crippen molar-refractivity contribution in [1.82, 2.24) is 15.5 Å². The number of carbonyl (C=O) groups excluding carboxylic acids is 3. The van der Waals surface area contributed by atoms with Crippen LogP contribution < -0.4 is 10.6 Å². The summed E-state index contributed by atoms with van der Waals surface area (Å²) in [6.45, 7) is 4.30. The summed E-state index contributed by atoms with van der Waals surface area (Å²) in [5.74, 6) is -1.56. The summed E-state index contributed by atoms with van der Waals surface area (Å²) in [5, 5.41) is 27.4. The Morgan fingerprint density at radius 3 is 2.34 bits per heavy atom. The molecule has 3 aromatic rings. The standard InChI is InChI=1S/C31H38BN3O6/c1-21(2)17-26(34-31(38)41-20-22-9-4-3-5-10-22)29(36)33-27(30(37)35-16-8-13-28(35)32(39)40)19-23-14-15-24-11-6-7-12-25(24)18-23/h3-7,9-12,14-15,18,21,26-28,39-40H,8,13,16-17,19-20H2,1-2H3,(H,33,36)(H,34,38)/t26-,27-,28-/m0/s1. The van der Waals surface area contributed by atoms with Crippen molar-refractivity contribution in [3.05, 3.63) is 83.9 Å². The van der Waals surface area contributed by atoms with Gasteiger partial charge in [-0.05, 0) is 47.1 Å². The third-order valence-corrected chi connectivity index (χ3v) is 7.32. The Morgan fingerprint density at radius 1 is 0.927 bits per heavy atom. The fourth-order valence-electron chi connectivity index (χ4n) is 5.26. The first-order valence-electron chi connectivity index (χ1n) is 14.1. The maximum absolute atomic E-state index is 13.8. The van der Waals surface area contributed by atoms with E-state index in [4.69, 9.17) is 4.74 Å². The van der Waals surface area contributed by atoms with Gasteiger partial charge in [-0.25, -0.2) is 4.79 Å². The molecule has 0 bridgehead atoms. The van der Waals surface area contributed by atoms with Gasteiger partial charge in [-0.3, -0.25) is 9.59 Å². The molecule has 3 aromatic carbocycles. The molecule has 10 heteroatoms. The molecule has 1 aliphatic rings. The zero-order valence-corrected chi connectivity index (χ0v) is 23.5. The lowest BCUT2D eigenvalue weighted by Crippen LogP contribution is -2.57. The van der Waals surface area contributed by atoms with Gasteiger partial charge in [0.2, 0.25) is 11.8 Å². The number of carbonyl (C=O) groups is 3. The van der Waals surface area contributed by atoms with Crippen LogP contribution in [0.2, 0.25) is 0 Å². The molecule has 4 rings (SSSR count). The molecule has 1 fully saturated rings. The molecule has 3 amide bonds. The lowest BCUT2D eigenvalue weighted by Gasteiger charge is -2.30. The van der Waals surface area contributed by atoms with Gasteiger partial charge in [-0.2, -0.15) is 0 Å². The van der Waals surface area contributed by atoms with Crippen molar-refractivity contribution < 1.29 is 29.2 Å². The van der Waals surface area contributed by atoms with Crippen molar-refractivity contribution >= 4 is 35.8 Å². The van der Waals surface area contributed by atoms with Crippen LogP contribution in [0, 0.1) is 5.92 Å². The number of amides is 3. The van der Waals surface area contributed by atoms with Gasteiger partial charge in [0.15, 0.2) is 0 Å². The Kier molecular flexibility index (Phi) is 10.4. The highest BCUT2D eigenvalue weighted by Crippen LogP contribution is 2.22. The molecule has 216 valence electrons. The highest BCUT2D eigenvalue weighted by molar-refractivity contribution is 6.43. The minimum absolute atomic E-state index is 0.0611. The first-order chi connectivity index (χ1) is 19.7. The number of hydrogen-bond acceptors (Lipinski definition) is 6. The van der Waals surface area contributed by atoms with Crippen molar-refractivity contribution in [1.29, 1.82) is 0 Å². The number of rotatable bonds is 11. The predicted octanol–water partition coefficient (Wildman–Crippen LogP) is 3.21. The van der Waals surface area contributed by atoms with E-state index in [-0.39, 0.29) is 18.9 Å². The van der Waals surface area contributed by atoms with Gasteiger partial charge in [-0.1, -0.05) is 86.6 Å². The Labute approximate surface area is 241 Å². The van der Waals surface area contributed by atoms with Crippen molar-refractivity contribution in [2.45, 2.75) is 64.2 Å². The first-order valence-corrected chi connectivity index (χ1v) is 14.1. The highest BCUT2D eigenvalue weighted by atomic mass is 16.5. The molecule has 0 spiro atoms. The molecule has 1 heterocycles. The molecule has 41 heavy (non-hydrogen) atoms. The highest BCUT2D eigenvalue weighted by Gasteiger charge is 2.40. The number of nitrogens with zero attached hydrogens (tertiary/aromatic N) is 1. The number of nitrogens with one attached hydrogen (secondary N) is 2. The normalized spacial score (nSPS) is 16.3. The maximum atomic E-state index is 13.8. The second kappa shape index (κ2) is 14.1. The van der Waals surface area contributed by atoms with E-state index in [1.54, 1.807) is 0 Å². The SMILES string of the molecule is CC(C)C[C@H](NC(=O)OCc1ccccc1)C(=O)N[C@@H](Cc1ccc2ccccc2c1)C(=O)N1CCC[C@H]1B(O)O. The fraction of sp³-hybridized carbons (Fsp3) is 0.387. The van der Waals surface area contributed by atoms with E-state index in [9.17, 15) is 24.4 Å². The van der Waals surface area contributed by atoms with Crippen LogP contribution in [-0.4, -0.2) is 64.5 Å². The molecule has 1 saturated heterocycles. The first kappa shape index (κ1) is 30.1. The Hall–Kier alpha value is -3.89. The molecule has 1 aliphatic heterocycles. The quantitative estimate of drug-likeness (QED) is 0.267. The Bertz CT molecular complexity index is 1340. The maximum Gasteiger partial charge on any atom is 0.475 e. The van der Waals surface area contributed by atoms with E-state index in [2.05, 4.69) is 10.6 Å². The third kappa shape index (κ3) is 8.31. The van der Waals surface area contributed by atoms with Gasteiger partial charge in [0.1, 0.15) is 18.7 Å². The summed E-state index contributed by atoms with van der Waals surface area (Å²) >= 11 is 0. The average molecular weight is 559 g/mol. The number of alkyl carbamates (subject to hydrolysis) is 1. The van der Waals surface area contributed by atoms with Crippen LogP contribution in [0.4, 0.5) is 4.79 Å². The second-order valence-corrected chi connectivity index (χ2v) is 11.0.